The normalized spacial score (nSPS) is 17.9. The Hall–Kier alpha value is -1.30. The first-order valence-electron chi connectivity index (χ1n) is 7.49. The lowest BCUT2D eigenvalue weighted by atomic mass is 10.2. The van der Waals surface area contributed by atoms with Crippen molar-refractivity contribution in [2.24, 2.45) is 0 Å². The molecule has 1 aliphatic heterocycles. The summed E-state index contributed by atoms with van der Waals surface area (Å²) in [7, 11) is 0. The maximum absolute atomic E-state index is 12.5. The van der Waals surface area contributed by atoms with Crippen LogP contribution in [0.5, 0.6) is 0 Å². The summed E-state index contributed by atoms with van der Waals surface area (Å²) in [6.45, 7) is 9.98. The van der Waals surface area contributed by atoms with Gasteiger partial charge in [0.1, 0.15) is 6.54 Å². The van der Waals surface area contributed by atoms with Gasteiger partial charge >= 0.3 is 12.0 Å². The number of hydrogen-bond donors (Lipinski definition) is 1. The summed E-state index contributed by atoms with van der Waals surface area (Å²) in [5.41, 5.74) is 0. The first-order chi connectivity index (χ1) is 9.49. The summed E-state index contributed by atoms with van der Waals surface area (Å²) in [6, 6.07) is -0.190. The number of hydrogen-bond acceptors (Lipinski definition) is 3. The monoisotopic (exact) mass is 285 g/mol. The Kier molecular flexibility index (Phi) is 6.78. The van der Waals surface area contributed by atoms with E-state index in [1.165, 1.54) is 4.90 Å². The van der Waals surface area contributed by atoms with Crippen LogP contribution in [-0.2, 0) is 4.79 Å². The smallest absolute Gasteiger partial charge is 0.323 e. The molecule has 0 spiro atoms. The molecule has 1 heterocycles. The molecular formula is C14H27N3O3. The number of amides is 2. The molecule has 1 N–H and O–H groups in total. The summed E-state index contributed by atoms with van der Waals surface area (Å²) in [5.74, 6) is -0.955. The molecular weight excluding hydrogens is 258 g/mol. The Balaban J connectivity index is 2.59. The molecule has 0 aromatic carbocycles. The highest BCUT2D eigenvalue weighted by Crippen LogP contribution is 2.11. The van der Waals surface area contributed by atoms with Crippen molar-refractivity contribution in [2.75, 3.05) is 39.3 Å². The van der Waals surface area contributed by atoms with Gasteiger partial charge in [-0.1, -0.05) is 13.8 Å². The largest absolute Gasteiger partial charge is 0.480 e. The van der Waals surface area contributed by atoms with Crippen LogP contribution in [0.2, 0.25) is 0 Å². The van der Waals surface area contributed by atoms with Gasteiger partial charge in [0.25, 0.3) is 0 Å². The Labute approximate surface area is 121 Å². The maximum atomic E-state index is 12.5. The van der Waals surface area contributed by atoms with E-state index < -0.39 is 5.97 Å². The highest BCUT2D eigenvalue weighted by Gasteiger charge is 2.28. The first-order valence-corrected chi connectivity index (χ1v) is 7.49. The van der Waals surface area contributed by atoms with E-state index in [1.54, 1.807) is 4.90 Å². The molecule has 116 valence electrons. The quantitative estimate of drug-likeness (QED) is 0.799. The van der Waals surface area contributed by atoms with E-state index >= 15 is 0 Å². The van der Waals surface area contributed by atoms with Crippen molar-refractivity contribution in [1.29, 1.82) is 0 Å². The van der Waals surface area contributed by atoms with Crippen molar-refractivity contribution >= 4 is 12.0 Å². The average molecular weight is 285 g/mol. The standard InChI is InChI=1S/C14H27N3O3/c1-4-6-15-7-9-16(10-8-15)14(20)17(11-13(18)19)12(3)5-2/h12H,4-11H2,1-3H3,(H,18,19). The molecule has 1 unspecified atom stereocenters. The summed E-state index contributed by atoms with van der Waals surface area (Å²) >= 11 is 0. The Morgan fingerprint density at radius 3 is 2.25 bits per heavy atom. The molecule has 1 rings (SSSR count). The van der Waals surface area contributed by atoms with Crippen molar-refractivity contribution < 1.29 is 14.7 Å². The number of piperazine rings is 1. The lowest BCUT2D eigenvalue weighted by Gasteiger charge is -2.38. The van der Waals surface area contributed by atoms with Crippen LogP contribution in [0.3, 0.4) is 0 Å². The van der Waals surface area contributed by atoms with Crippen molar-refractivity contribution in [3.63, 3.8) is 0 Å². The summed E-state index contributed by atoms with van der Waals surface area (Å²) < 4.78 is 0. The van der Waals surface area contributed by atoms with Crippen LogP contribution in [0.1, 0.15) is 33.6 Å². The minimum absolute atomic E-state index is 0.0488. The highest BCUT2D eigenvalue weighted by atomic mass is 16.4. The van der Waals surface area contributed by atoms with Gasteiger partial charge in [0, 0.05) is 32.2 Å². The number of aliphatic carboxylic acids is 1. The van der Waals surface area contributed by atoms with E-state index in [0.29, 0.717) is 13.1 Å². The zero-order chi connectivity index (χ0) is 15.1. The predicted octanol–water partition coefficient (Wildman–Crippen LogP) is 1.32. The molecule has 20 heavy (non-hydrogen) atoms. The SMILES string of the molecule is CCCN1CCN(C(=O)N(CC(=O)O)C(C)CC)CC1. The van der Waals surface area contributed by atoms with Crippen LogP contribution in [0.4, 0.5) is 4.79 Å². The molecule has 6 heteroatoms. The van der Waals surface area contributed by atoms with E-state index in [4.69, 9.17) is 5.11 Å². The third-order valence-corrected chi connectivity index (χ3v) is 3.86. The van der Waals surface area contributed by atoms with E-state index in [0.717, 1.165) is 32.5 Å². The minimum Gasteiger partial charge on any atom is -0.480 e. The van der Waals surface area contributed by atoms with Gasteiger partial charge in [-0.25, -0.2) is 4.79 Å². The highest BCUT2D eigenvalue weighted by molar-refractivity contribution is 5.80. The van der Waals surface area contributed by atoms with Gasteiger partial charge < -0.3 is 14.9 Å². The second-order valence-electron chi connectivity index (χ2n) is 5.39. The van der Waals surface area contributed by atoms with E-state index in [9.17, 15) is 9.59 Å². The van der Waals surface area contributed by atoms with Crippen LogP contribution >= 0.6 is 0 Å². The maximum Gasteiger partial charge on any atom is 0.323 e. The molecule has 1 saturated heterocycles. The Morgan fingerprint density at radius 2 is 1.80 bits per heavy atom. The lowest BCUT2D eigenvalue weighted by Crippen LogP contribution is -2.55. The van der Waals surface area contributed by atoms with Crippen molar-refractivity contribution in [3.8, 4) is 0 Å². The number of carboxylic acids is 1. The number of carbonyl (C=O) groups excluding carboxylic acids is 1. The third kappa shape index (κ3) is 4.67. The fourth-order valence-corrected chi connectivity index (χ4v) is 2.44. The van der Waals surface area contributed by atoms with Crippen LogP contribution in [0.15, 0.2) is 0 Å². The number of rotatable bonds is 6. The fraction of sp³-hybridized carbons (Fsp3) is 0.857. The number of nitrogens with zero attached hydrogens (tertiary/aromatic N) is 3. The molecule has 6 nitrogen and oxygen atoms in total. The molecule has 0 aliphatic carbocycles. The molecule has 2 amide bonds. The molecule has 1 fully saturated rings. The first kappa shape index (κ1) is 16.8. The van der Waals surface area contributed by atoms with E-state index in [2.05, 4.69) is 11.8 Å². The Morgan fingerprint density at radius 1 is 1.20 bits per heavy atom. The molecule has 0 bridgehead atoms. The minimum atomic E-state index is -0.955. The van der Waals surface area contributed by atoms with Crippen molar-refractivity contribution in [1.82, 2.24) is 14.7 Å². The molecule has 0 aromatic rings. The van der Waals surface area contributed by atoms with Crippen molar-refractivity contribution in [3.05, 3.63) is 0 Å². The lowest BCUT2D eigenvalue weighted by molar-refractivity contribution is -0.138. The topological polar surface area (TPSA) is 64.1 Å². The number of urea groups is 1. The zero-order valence-corrected chi connectivity index (χ0v) is 12.8. The average Bonchev–Trinajstić information content (AvgIpc) is 2.44. The van der Waals surface area contributed by atoms with Gasteiger partial charge in [0.15, 0.2) is 0 Å². The van der Waals surface area contributed by atoms with E-state index in [-0.39, 0.29) is 18.6 Å². The molecule has 1 atom stereocenters. The van der Waals surface area contributed by atoms with Crippen molar-refractivity contribution in [2.45, 2.75) is 39.7 Å². The summed E-state index contributed by atoms with van der Waals surface area (Å²) in [4.78, 5) is 29.0. The van der Waals surface area contributed by atoms with Crippen LogP contribution < -0.4 is 0 Å². The number of carbonyl (C=O) groups is 2. The van der Waals surface area contributed by atoms with E-state index in [1.807, 2.05) is 13.8 Å². The Bertz CT molecular complexity index is 328. The summed E-state index contributed by atoms with van der Waals surface area (Å²) in [5, 5.41) is 8.97. The fourth-order valence-electron chi connectivity index (χ4n) is 2.44. The number of carboxylic acid groups (broad SMARTS) is 1. The van der Waals surface area contributed by atoms with Gasteiger partial charge in [0.05, 0.1) is 0 Å². The molecule has 0 saturated carbocycles. The zero-order valence-electron chi connectivity index (χ0n) is 12.8. The molecule has 0 aromatic heterocycles. The molecule has 0 radical (unpaired) electrons. The second kappa shape index (κ2) is 8.09. The van der Waals surface area contributed by atoms with Crippen LogP contribution in [-0.4, -0.2) is 77.1 Å². The molecule has 1 aliphatic rings. The van der Waals surface area contributed by atoms with Gasteiger partial charge in [-0.2, -0.15) is 0 Å². The van der Waals surface area contributed by atoms with Crippen LogP contribution in [0.25, 0.3) is 0 Å². The predicted molar refractivity (Wildman–Crippen MR) is 77.8 cm³/mol. The van der Waals surface area contributed by atoms with Gasteiger partial charge in [0.2, 0.25) is 0 Å². The van der Waals surface area contributed by atoms with Gasteiger partial charge in [-0.05, 0) is 26.3 Å². The van der Waals surface area contributed by atoms with Gasteiger partial charge in [-0.3, -0.25) is 9.69 Å². The second-order valence-corrected chi connectivity index (χ2v) is 5.39. The third-order valence-electron chi connectivity index (χ3n) is 3.86. The van der Waals surface area contributed by atoms with Crippen LogP contribution in [0, 0.1) is 0 Å². The van der Waals surface area contributed by atoms with Gasteiger partial charge in [-0.15, -0.1) is 0 Å². The summed E-state index contributed by atoms with van der Waals surface area (Å²) in [6.07, 6.45) is 1.88.